The van der Waals surface area contributed by atoms with Gasteiger partial charge in [-0.25, -0.2) is 9.97 Å². The molecule has 0 aliphatic rings. The van der Waals surface area contributed by atoms with Gasteiger partial charge in [-0.1, -0.05) is 11.6 Å². The maximum absolute atomic E-state index is 6.12. The largest absolute Gasteiger partial charge is 0.378 e. The molecule has 0 N–H and O–H groups in total. The maximum atomic E-state index is 6.12. The van der Waals surface area contributed by atoms with E-state index in [0.29, 0.717) is 17.6 Å². The van der Waals surface area contributed by atoms with E-state index in [4.69, 9.17) is 16.3 Å². The second-order valence-corrected chi connectivity index (χ2v) is 5.00. The lowest BCUT2D eigenvalue weighted by Crippen LogP contribution is -2.06. The van der Waals surface area contributed by atoms with Gasteiger partial charge in [-0.15, -0.1) is 0 Å². The second-order valence-electron chi connectivity index (χ2n) is 3.56. The zero-order valence-electron chi connectivity index (χ0n) is 10.0. The highest BCUT2D eigenvalue weighted by molar-refractivity contribution is 14.1. The lowest BCUT2D eigenvalue weighted by molar-refractivity contribution is 0.181. The first-order valence-electron chi connectivity index (χ1n) is 5.40. The van der Waals surface area contributed by atoms with Crippen LogP contribution in [0.5, 0.6) is 0 Å². The van der Waals surface area contributed by atoms with Gasteiger partial charge in [0.2, 0.25) is 0 Å². The molecule has 2 aromatic rings. The standard InChI is InChI=1S/C11H12ClIN4O/c1-3-17-8(4-5-14-17)11-15-7(6-18-2)9(13)10(12)16-11/h4-5H,3,6H2,1-2H3. The molecule has 0 atom stereocenters. The van der Waals surface area contributed by atoms with Crippen molar-refractivity contribution in [3.63, 3.8) is 0 Å². The van der Waals surface area contributed by atoms with Gasteiger partial charge >= 0.3 is 0 Å². The first kappa shape index (κ1) is 13.7. The lowest BCUT2D eigenvalue weighted by atomic mass is 10.3. The Morgan fingerprint density at radius 3 is 2.89 bits per heavy atom. The summed E-state index contributed by atoms with van der Waals surface area (Å²) in [6, 6.07) is 1.87. The van der Waals surface area contributed by atoms with Crippen molar-refractivity contribution in [3.05, 3.63) is 26.7 Å². The maximum Gasteiger partial charge on any atom is 0.179 e. The fourth-order valence-electron chi connectivity index (χ4n) is 1.58. The molecular formula is C11H12ClIN4O. The van der Waals surface area contributed by atoms with Gasteiger partial charge in [0.05, 0.1) is 15.9 Å². The van der Waals surface area contributed by atoms with Crippen LogP contribution in [-0.4, -0.2) is 26.9 Å². The van der Waals surface area contributed by atoms with Crippen LogP contribution in [0.1, 0.15) is 12.6 Å². The third-order valence-corrected chi connectivity index (χ3v) is 4.13. The number of hydrogen-bond donors (Lipinski definition) is 0. The first-order chi connectivity index (χ1) is 8.67. The Bertz CT molecular complexity index is 558. The van der Waals surface area contributed by atoms with Gasteiger partial charge in [0.15, 0.2) is 5.82 Å². The number of halogens is 2. The summed E-state index contributed by atoms with van der Waals surface area (Å²) in [5, 5.41) is 4.64. The quantitative estimate of drug-likeness (QED) is 0.606. The molecule has 2 rings (SSSR count). The normalized spacial score (nSPS) is 10.9. The minimum Gasteiger partial charge on any atom is -0.378 e. The third-order valence-electron chi connectivity index (χ3n) is 2.41. The van der Waals surface area contributed by atoms with Crippen molar-refractivity contribution in [2.45, 2.75) is 20.1 Å². The van der Waals surface area contributed by atoms with Crippen LogP contribution in [0.3, 0.4) is 0 Å². The molecular weight excluding hydrogens is 367 g/mol. The summed E-state index contributed by atoms with van der Waals surface area (Å²) < 4.78 is 7.77. The smallest absolute Gasteiger partial charge is 0.179 e. The molecule has 2 heterocycles. The van der Waals surface area contributed by atoms with Crippen LogP contribution in [0.4, 0.5) is 0 Å². The number of ether oxygens (including phenoxy) is 1. The molecule has 0 radical (unpaired) electrons. The Morgan fingerprint density at radius 1 is 1.44 bits per heavy atom. The van der Waals surface area contributed by atoms with E-state index in [1.54, 1.807) is 13.3 Å². The number of aryl methyl sites for hydroxylation is 1. The van der Waals surface area contributed by atoms with Crippen LogP contribution < -0.4 is 0 Å². The highest BCUT2D eigenvalue weighted by atomic mass is 127. The van der Waals surface area contributed by atoms with Crippen molar-refractivity contribution < 1.29 is 4.74 Å². The summed E-state index contributed by atoms with van der Waals surface area (Å²) in [6.45, 7) is 3.18. The molecule has 0 aliphatic heterocycles. The molecule has 0 amide bonds. The SMILES string of the molecule is CCn1nccc1-c1nc(Cl)c(I)c(COC)n1. The summed E-state index contributed by atoms with van der Waals surface area (Å²) in [5.74, 6) is 0.576. The van der Waals surface area contributed by atoms with E-state index in [-0.39, 0.29) is 0 Å². The summed E-state index contributed by atoms with van der Waals surface area (Å²) in [4.78, 5) is 8.78. The summed E-state index contributed by atoms with van der Waals surface area (Å²) in [6.07, 6.45) is 1.73. The Balaban J connectivity index is 2.52. The molecule has 7 heteroatoms. The van der Waals surface area contributed by atoms with Crippen LogP contribution in [0.25, 0.3) is 11.5 Å². The molecule has 0 spiro atoms. The minimum absolute atomic E-state index is 0.410. The highest BCUT2D eigenvalue weighted by Crippen LogP contribution is 2.24. The second kappa shape index (κ2) is 5.94. The summed E-state index contributed by atoms with van der Waals surface area (Å²) in [5.41, 5.74) is 1.64. The van der Waals surface area contributed by atoms with Gasteiger partial charge in [-0.05, 0) is 35.6 Å². The number of rotatable bonds is 4. The predicted octanol–water partition coefficient (Wildman–Crippen LogP) is 2.76. The number of aromatic nitrogens is 4. The zero-order chi connectivity index (χ0) is 13.1. The van der Waals surface area contributed by atoms with E-state index < -0.39 is 0 Å². The van der Waals surface area contributed by atoms with Gasteiger partial charge < -0.3 is 4.74 Å². The first-order valence-corrected chi connectivity index (χ1v) is 6.86. The Labute approximate surface area is 124 Å². The summed E-state index contributed by atoms with van der Waals surface area (Å²) >= 11 is 8.24. The van der Waals surface area contributed by atoms with E-state index in [2.05, 4.69) is 37.7 Å². The molecule has 0 saturated heterocycles. The van der Waals surface area contributed by atoms with Crippen LogP contribution in [-0.2, 0) is 17.9 Å². The van der Waals surface area contributed by atoms with Crippen molar-refractivity contribution >= 4 is 34.2 Å². The highest BCUT2D eigenvalue weighted by Gasteiger charge is 2.14. The van der Waals surface area contributed by atoms with Crippen LogP contribution >= 0.6 is 34.2 Å². The van der Waals surface area contributed by atoms with Gasteiger partial charge in [0.1, 0.15) is 10.8 Å². The molecule has 0 unspecified atom stereocenters. The van der Waals surface area contributed by atoms with E-state index >= 15 is 0 Å². The number of nitrogens with zero attached hydrogens (tertiary/aromatic N) is 4. The average molecular weight is 379 g/mol. The monoisotopic (exact) mass is 378 g/mol. The fourth-order valence-corrected chi connectivity index (χ4v) is 2.17. The van der Waals surface area contributed by atoms with Crippen molar-refractivity contribution in [1.29, 1.82) is 0 Å². The minimum atomic E-state index is 0.410. The van der Waals surface area contributed by atoms with E-state index in [9.17, 15) is 0 Å². The Kier molecular flexibility index (Phi) is 4.52. The molecule has 0 bridgehead atoms. The predicted molar refractivity (Wildman–Crippen MR) is 77.4 cm³/mol. The van der Waals surface area contributed by atoms with Crippen molar-refractivity contribution in [2.75, 3.05) is 7.11 Å². The average Bonchev–Trinajstić information content (AvgIpc) is 2.83. The Morgan fingerprint density at radius 2 is 2.22 bits per heavy atom. The van der Waals surface area contributed by atoms with Crippen LogP contribution in [0.2, 0.25) is 5.15 Å². The number of hydrogen-bond acceptors (Lipinski definition) is 4. The molecule has 18 heavy (non-hydrogen) atoms. The molecule has 0 fully saturated rings. The van der Waals surface area contributed by atoms with Crippen molar-refractivity contribution in [3.8, 4) is 11.5 Å². The molecule has 0 saturated carbocycles. The van der Waals surface area contributed by atoms with Crippen LogP contribution in [0.15, 0.2) is 12.3 Å². The zero-order valence-corrected chi connectivity index (χ0v) is 12.9. The van der Waals surface area contributed by atoms with E-state index in [1.807, 2.05) is 17.7 Å². The summed E-state index contributed by atoms with van der Waals surface area (Å²) in [7, 11) is 1.63. The van der Waals surface area contributed by atoms with E-state index in [1.165, 1.54) is 0 Å². The van der Waals surface area contributed by atoms with Gasteiger partial charge in [-0.2, -0.15) is 5.10 Å². The van der Waals surface area contributed by atoms with Gasteiger partial charge in [0, 0.05) is 19.9 Å². The lowest BCUT2D eigenvalue weighted by Gasteiger charge is -2.08. The van der Waals surface area contributed by atoms with Crippen molar-refractivity contribution in [2.24, 2.45) is 0 Å². The molecule has 0 aliphatic carbocycles. The van der Waals surface area contributed by atoms with Crippen molar-refractivity contribution in [1.82, 2.24) is 19.7 Å². The molecule has 96 valence electrons. The number of methoxy groups -OCH3 is 1. The molecule has 0 aromatic carbocycles. The van der Waals surface area contributed by atoms with Crippen LogP contribution in [0, 0.1) is 3.57 Å². The molecule has 5 nitrogen and oxygen atoms in total. The Hall–Kier alpha value is -0.730. The fraction of sp³-hybridized carbons (Fsp3) is 0.364. The van der Waals surface area contributed by atoms with Gasteiger partial charge in [0.25, 0.3) is 0 Å². The van der Waals surface area contributed by atoms with E-state index in [0.717, 1.165) is 21.5 Å². The molecule has 2 aromatic heterocycles. The topological polar surface area (TPSA) is 52.8 Å². The van der Waals surface area contributed by atoms with Gasteiger partial charge in [-0.3, -0.25) is 4.68 Å². The third kappa shape index (κ3) is 2.65.